The zero-order valence-electron chi connectivity index (χ0n) is 35.0. The molecule has 1 saturated carbocycles. The van der Waals surface area contributed by atoms with Crippen molar-refractivity contribution in [1.82, 2.24) is 19.5 Å². The minimum Gasteiger partial charge on any atom is -0.486 e. The van der Waals surface area contributed by atoms with E-state index in [9.17, 15) is 0 Å². The largest absolute Gasteiger partial charge is 0.486 e. The third-order valence-electron chi connectivity index (χ3n) is 12.0. The van der Waals surface area contributed by atoms with Gasteiger partial charge in [0.25, 0.3) is 0 Å². The van der Waals surface area contributed by atoms with E-state index in [0.29, 0.717) is 11.6 Å². The average Bonchev–Trinajstić information content (AvgIpc) is 3.85. The van der Waals surface area contributed by atoms with Gasteiger partial charge in [0.2, 0.25) is 5.71 Å². The molecule has 0 amide bonds. The molecule has 0 spiro atoms. The number of rotatable bonds is 7. The summed E-state index contributed by atoms with van der Waals surface area (Å²) >= 11 is -1.94. The molecule has 60 heavy (non-hydrogen) atoms. The van der Waals surface area contributed by atoms with Gasteiger partial charge >= 0.3 is 150 Å². The molecule has 0 saturated heterocycles. The van der Waals surface area contributed by atoms with Crippen LogP contribution in [0, 0.1) is 25.0 Å². The smallest absolute Gasteiger partial charge is 0.216 e. The second-order valence-electron chi connectivity index (χ2n) is 17.0. The van der Waals surface area contributed by atoms with Crippen molar-refractivity contribution < 1.29 is 24.5 Å². The third kappa shape index (κ3) is 8.43. The van der Waals surface area contributed by atoms with Crippen LogP contribution in [0.3, 0.4) is 0 Å². The summed E-state index contributed by atoms with van der Waals surface area (Å²) in [5, 5.41) is 2.01. The van der Waals surface area contributed by atoms with Crippen molar-refractivity contribution in [2.45, 2.75) is 69.1 Å². The fourth-order valence-corrected chi connectivity index (χ4v) is 12.2. The van der Waals surface area contributed by atoms with Crippen molar-refractivity contribution in [2.24, 2.45) is 5.92 Å². The number of furan rings is 1. The van der Waals surface area contributed by atoms with Crippen LogP contribution in [0.25, 0.3) is 72.6 Å². The van der Waals surface area contributed by atoms with Gasteiger partial charge in [-0.25, -0.2) is 4.98 Å². The molecule has 0 aliphatic heterocycles. The van der Waals surface area contributed by atoms with Crippen LogP contribution in [0.2, 0.25) is 17.3 Å². The number of aromatic nitrogens is 4. The van der Waals surface area contributed by atoms with E-state index in [1.54, 1.807) is 9.96 Å². The second-order valence-corrected chi connectivity index (χ2v) is 27.6. The van der Waals surface area contributed by atoms with Gasteiger partial charge in [-0.05, 0) is 54.4 Å². The predicted molar refractivity (Wildman–Crippen MR) is 247 cm³/mol. The minimum absolute atomic E-state index is 0. The Bertz CT molecular complexity index is 2870. The van der Waals surface area contributed by atoms with Gasteiger partial charge in [-0.3, -0.25) is 4.98 Å². The molecule has 10 rings (SSSR count). The molecule has 0 N–H and O–H groups in total. The van der Waals surface area contributed by atoms with Crippen LogP contribution in [-0.2, 0) is 20.1 Å². The van der Waals surface area contributed by atoms with Gasteiger partial charge in [-0.2, -0.15) is 0 Å². The van der Waals surface area contributed by atoms with E-state index < -0.39 is 13.3 Å². The second kappa shape index (κ2) is 17.8. The Labute approximate surface area is 370 Å². The molecule has 5 aromatic carbocycles. The van der Waals surface area contributed by atoms with E-state index in [2.05, 4.69) is 131 Å². The molecular weight excluding hydrogens is 973 g/mol. The van der Waals surface area contributed by atoms with E-state index in [-0.39, 0.29) is 20.1 Å². The van der Waals surface area contributed by atoms with E-state index >= 15 is 0 Å². The summed E-state index contributed by atoms with van der Waals surface area (Å²) in [5.41, 5.74) is 12.3. The first-order valence-electron chi connectivity index (χ1n) is 21.0. The van der Waals surface area contributed by atoms with Crippen molar-refractivity contribution in [1.29, 1.82) is 0 Å². The van der Waals surface area contributed by atoms with Gasteiger partial charge in [-0.1, -0.05) is 65.5 Å². The maximum Gasteiger partial charge on any atom is 0.216 e. The minimum atomic E-state index is -1.94. The fraction of sp³-hybridized carbons (Fsp3) is 0.226. The monoisotopic (exact) mass is 1030 g/mol. The summed E-state index contributed by atoms with van der Waals surface area (Å²) < 4.78 is 10.1. The first-order chi connectivity index (χ1) is 28.7. The van der Waals surface area contributed by atoms with Gasteiger partial charge in [0.1, 0.15) is 0 Å². The van der Waals surface area contributed by atoms with Crippen LogP contribution in [0.4, 0.5) is 0 Å². The number of hydrogen-bond acceptors (Lipinski definition) is 4. The zero-order chi connectivity index (χ0) is 40.5. The first-order valence-corrected chi connectivity index (χ1v) is 28.4. The van der Waals surface area contributed by atoms with Crippen molar-refractivity contribution in [3.05, 3.63) is 163 Å². The first kappa shape index (κ1) is 41.6. The Balaban J connectivity index is 0.000000176. The molecule has 9 aromatic rings. The van der Waals surface area contributed by atoms with Crippen LogP contribution < -0.4 is 4.40 Å². The molecule has 1 aliphatic carbocycles. The van der Waals surface area contributed by atoms with Gasteiger partial charge in [0, 0.05) is 36.9 Å². The number of hydrogen-bond donors (Lipinski definition) is 0. The number of pyridine rings is 2. The number of para-hydroxylation sites is 2. The maximum absolute atomic E-state index is 6.29. The molecule has 1 fully saturated rings. The maximum atomic E-state index is 6.29. The van der Waals surface area contributed by atoms with Crippen LogP contribution in [-0.4, -0.2) is 32.8 Å². The van der Waals surface area contributed by atoms with Crippen molar-refractivity contribution in [3.8, 4) is 39.5 Å². The SMILES string of the molecule is CC(c1cc(-c2[c-]cccc2)nc[c]1[Ge]([CH3])([CH3])[CH3])C1CCCCC1.Cc1ccc2c(n1)oc1c(-c3nc4ccccc4n3-c3ccc(-c4ccccc4)cc3)[c-]ccc12.[Ir]. The third-order valence-corrected chi connectivity index (χ3v) is 16.3. The number of benzene rings is 5. The number of imidazole rings is 1. The molecular formula is C53H50GeIrN4O-2. The predicted octanol–water partition coefficient (Wildman–Crippen LogP) is 13.5. The van der Waals surface area contributed by atoms with Crippen LogP contribution >= 0.6 is 0 Å². The Morgan fingerprint density at radius 3 is 2.22 bits per heavy atom. The summed E-state index contributed by atoms with van der Waals surface area (Å²) in [6.45, 7) is 4.43. The van der Waals surface area contributed by atoms with E-state index in [4.69, 9.17) is 14.4 Å². The molecule has 5 nitrogen and oxygen atoms in total. The molecule has 4 heterocycles. The van der Waals surface area contributed by atoms with E-state index in [1.165, 1.54) is 43.2 Å². The zero-order valence-corrected chi connectivity index (χ0v) is 39.5. The Hall–Kier alpha value is -5.14. The summed E-state index contributed by atoms with van der Waals surface area (Å²) in [6.07, 6.45) is 9.23. The van der Waals surface area contributed by atoms with Gasteiger partial charge < -0.3 is 8.98 Å². The molecule has 1 unspecified atom stereocenters. The summed E-state index contributed by atoms with van der Waals surface area (Å²) in [7, 11) is 0. The molecule has 303 valence electrons. The standard InChI is InChI=1S/C31H20N3O.C22H30GeN.Ir/c1-20-14-19-25-24-10-7-11-26(29(24)35-31(25)32-20)30-33-27-12-5-6-13-28(27)34(30)23-17-15-22(16-18-23)21-8-3-2-4-9-21;1-17(18-11-7-5-8-12-18)20-15-22(19-13-9-6-10-14-19)24-16-21(20)23(2,3)4;/h2-10,12-19H,1H3;6,9-10,13,15-18H,5,7-8,11-12H2,1-4H3;/q2*-1;. The summed E-state index contributed by atoms with van der Waals surface area (Å²) in [6, 6.07) is 52.6. The van der Waals surface area contributed by atoms with Crippen LogP contribution in [0.5, 0.6) is 0 Å². The van der Waals surface area contributed by atoms with E-state index in [0.717, 1.165) is 67.3 Å². The van der Waals surface area contributed by atoms with Gasteiger partial charge in [-0.15, -0.1) is 18.2 Å². The number of aryl methyl sites for hydroxylation is 1. The molecule has 4 aromatic heterocycles. The Morgan fingerprint density at radius 2 is 1.47 bits per heavy atom. The van der Waals surface area contributed by atoms with Crippen molar-refractivity contribution >= 4 is 50.8 Å². The number of nitrogens with zero attached hydrogens (tertiary/aromatic N) is 4. The fourth-order valence-electron chi connectivity index (χ4n) is 8.83. The Morgan fingerprint density at radius 1 is 0.733 bits per heavy atom. The topological polar surface area (TPSA) is 56.7 Å². The normalized spacial score (nSPS) is 13.8. The average molecular weight is 1020 g/mol. The molecule has 7 heteroatoms. The molecule has 1 atom stereocenters. The van der Waals surface area contributed by atoms with Crippen LogP contribution in [0.15, 0.2) is 144 Å². The summed E-state index contributed by atoms with van der Waals surface area (Å²) in [5.74, 6) is 9.75. The summed E-state index contributed by atoms with van der Waals surface area (Å²) in [4.78, 5) is 14.5. The molecule has 1 radical (unpaired) electrons. The Kier molecular flexibility index (Phi) is 12.4. The van der Waals surface area contributed by atoms with Gasteiger partial charge in [0.05, 0.1) is 22.4 Å². The van der Waals surface area contributed by atoms with Crippen LogP contribution in [0.1, 0.15) is 56.2 Å². The van der Waals surface area contributed by atoms with Gasteiger partial charge in [0.15, 0.2) is 0 Å². The van der Waals surface area contributed by atoms with Crippen molar-refractivity contribution in [2.75, 3.05) is 0 Å². The molecule has 1 aliphatic rings. The number of fused-ring (bicyclic) bond motifs is 4. The quantitative estimate of drug-likeness (QED) is 0.118. The van der Waals surface area contributed by atoms with E-state index in [1.807, 2.05) is 61.5 Å². The molecule has 0 bridgehead atoms. The van der Waals surface area contributed by atoms with Crippen molar-refractivity contribution in [3.63, 3.8) is 0 Å².